The van der Waals surface area contributed by atoms with Crippen molar-refractivity contribution in [3.63, 3.8) is 0 Å². The maximum atomic E-state index is 3.40. The first-order chi connectivity index (χ1) is 8.90. The predicted octanol–water partition coefficient (Wildman–Crippen LogP) is 2.66. The third-order valence-electron chi connectivity index (χ3n) is 2.94. The van der Waals surface area contributed by atoms with E-state index < -0.39 is 0 Å². The van der Waals surface area contributed by atoms with Crippen LogP contribution in [0.3, 0.4) is 0 Å². The minimum atomic E-state index is 0.927. The molecular formula is C16H20N2. The number of likely N-dealkylation sites (N-methyl/N-ethyl adjacent to an activating group) is 1. The van der Waals surface area contributed by atoms with Crippen molar-refractivity contribution in [3.05, 3.63) is 60.2 Å². The first-order valence-corrected chi connectivity index (χ1v) is 6.40. The fraction of sp³-hybridized carbons (Fsp3) is 0.250. The fourth-order valence-electron chi connectivity index (χ4n) is 1.89. The Bertz CT molecular complexity index is 448. The van der Waals surface area contributed by atoms with Crippen molar-refractivity contribution >= 4 is 0 Å². The average Bonchev–Trinajstić information content (AvgIpc) is 2.45. The van der Waals surface area contributed by atoms with Crippen LogP contribution in [0.25, 0.3) is 11.1 Å². The van der Waals surface area contributed by atoms with E-state index in [2.05, 4.69) is 59.2 Å². The van der Waals surface area contributed by atoms with Gasteiger partial charge in [0.05, 0.1) is 0 Å². The summed E-state index contributed by atoms with van der Waals surface area (Å²) in [5, 5.41) is 6.52. The molecule has 0 spiro atoms. The van der Waals surface area contributed by atoms with Crippen LogP contribution in [0.5, 0.6) is 0 Å². The number of hydrogen-bond donors (Lipinski definition) is 2. The second-order valence-corrected chi connectivity index (χ2v) is 4.34. The second kappa shape index (κ2) is 6.94. The lowest BCUT2D eigenvalue weighted by Gasteiger charge is -2.06. The van der Waals surface area contributed by atoms with Gasteiger partial charge < -0.3 is 10.6 Å². The number of benzene rings is 2. The molecule has 0 saturated carbocycles. The SMILES string of the molecule is CNCCNCc1ccc(-c2ccccc2)cc1. The fourth-order valence-corrected chi connectivity index (χ4v) is 1.89. The molecule has 94 valence electrons. The summed E-state index contributed by atoms with van der Waals surface area (Å²) in [5.74, 6) is 0. The number of nitrogens with one attached hydrogen (secondary N) is 2. The van der Waals surface area contributed by atoms with Crippen LogP contribution in [0, 0.1) is 0 Å². The highest BCUT2D eigenvalue weighted by molar-refractivity contribution is 5.63. The zero-order valence-corrected chi connectivity index (χ0v) is 10.8. The molecule has 0 amide bonds. The Kier molecular flexibility index (Phi) is 4.94. The van der Waals surface area contributed by atoms with Crippen molar-refractivity contribution in [2.45, 2.75) is 6.54 Å². The lowest BCUT2D eigenvalue weighted by Crippen LogP contribution is -2.24. The Morgan fingerprint density at radius 1 is 0.778 bits per heavy atom. The Morgan fingerprint density at radius 3 is 2.11 bits per heavy atom. The van der Waals surface area contributed by atoms with Gasteiger partial charge in [0.1, 0.15) is 0 Å². The molecule has 0 aliphatic rings. The van der Waals surface area contributed by atoms with Crippen molar-refractivity contribution in [1.82, 2.24) is 10.6 Å². The maximum Gasteiger partial charge on any atom is 0.0206 e. The molecule has 0 aliphatic heterocycles. The number of rotatable bonds is 6. The van der Waals surface area contributed by atoms with Gasteiger partial charge in [0, 0.05) is 19.6 Å². The summed E-state index contributed by atoms with van der Waals surface area (Å²) in [5.41, 5.74) is 3.87. The molecule has 0 bridgehead atoms. The zero-order chi connectivity index (χ0) is 12.6. The van der Waals surface area contributed by atoms with Gasteiger partial charge in [0.2, 0.25) is 0 Å². The van der Waals surface area contributed by atoms with Gasteiger partial charge in [0.15, 0.2) is 0 Å². The molecule has 18 heavy (non-hydrogen) atoms. The molecule has 0 saturated heterocycles. The van der Waals surface area contributed by atoms with Crippen molar-refractivity contribution < 1.29 is 0 Å². The van der Waals surface area contributed by atoms with Gasteiger partial charge in [0.25, 0.3) is 0 Å². The summed E-state index contributed by atoms with van der Waals surface area (Å²) in [6, 6.07) is 19.2. The molecule has 2 N–H and O–H groups in total. The van der Waals surface area contributed by atoms with Gasteiger partial charge in [-0.05, 0) is 23.7 Å². The van der Waals surface area contributed by atoms with E-state index in [0.717, 1.165) is 19.6 Å². The van der Waals surface area contributed by atoms with Crippen molar-refractivity contribution in [3.8, 4) is 11.1 Å². The van der Waals surface area contributed by atoms with Crippen LogP contribution in [-0.4, -0.2) is 20.1 Å². The summed E-state index contributed by atoms with van der Waals surface area (Å²) in [7, 11) is 1.97. The molecule has 2 aromatic carbocycles. The van der Waals surface area contributed by atoms with Crippen LogP contribution in [0.4, 0.5) is 0 Å². The normalized spacial score (nSPS) is 10.5. The largest absolute Gasteiger partial charge is 0.318 e. The highest BCUT2D eigenvalue weighted by atomic mass is 14.9. The van der Waals surface area contributed by atoms with E-state index in [1.807, 2.05) is 13.1 Å². The molecule has 0 atom stereocenters. The van der Waals surface area contributed by atoms with Gasteiger partial charge in [-0.25, -0.2) is 0 Å². The van der Waals surface area contributed by atoms with E-state index in [9.17, 15) is 0 Å². The lowest BCUT2D eigenvalue weighted by atomic mass is 10.0. The minimum absolute atomic E-state index is 0.927. The van der Waals surface area contributed by atoms with Crippen LogP contribution in [0.1, 0.15) is 5.56 Å². The lowest BCUT2D eigenvalue weighted by molar-refractivity contribution is 0.651. The van der Waals surface area contributed by atoms with Crippen LogP contribution in [-0.2, 0) is 6.54 Å². The predicted molar refractivity (Wildman–Crippen MR) is 77.5 cm³/mol. The van der Waals surface area contributed by atoms with Crippen LogP contribution in [0.2, 0.25) is 0 Å². The van der Waals surface area contributed by atoms with Crippen LogP contribution >= 0.6 is 0 Å². The number of hydrogen-bond acceptors (Lipinski definition) is 2. The topological polar surface area (TPSA) is 24.1 Å². The summed E-state index contributed by atoms with van der Waals surface area (Å²) >= 11 is 0. The summed E-state index contributed by atoms with van der Waals surface area (Å²) in [6.07, 6.45) is 0. The van der Waals surface area contributed by atoms with Crippen LogP contribution in [0.15, 0.2) is 54.6 Å². The molecular weight excluding hydrogens is 220 g/mol. The molecule has 0 fully saturated rings. The molecule has 2 nitrogen and oxygen atoms in total. The van der Waals surface area contributed by atoms with Crippen molar-refractivity contribution in [2.24, 2.45) is 0 Å². The quantitative estimate of drug-likeness (QED) is 0.759. The highest BCUT2D eigenvalue weighted by Crippen LogP contribution is 2.18. The molecule has 2 heteroatoms. The highest BCUT2D eigenvalue weighted by Gasteiger charge is 1.97. The first kappa shape index (κ1) is 12.8. The molecule has 2 aromatic rings. The molecule has 0 radical (unpaired) electrons. The summed E-state index contributed by atoms with van der Waals surface area (Å²) in [4.78, 5) is 0. The van der Waals surface area contributed by atoms with E-state index in [1.165, 1.54) is 16.7 Å². The van der Waals surface area contributed by atoms with Gasteiger partial charge in [-0.3, -0.25) is 0 Å². The smallest absolute Gasteiger partial charge is 0.0206 e. The molecule has 0 unspecified atom stereocenters. The Hall–Kier alpha value is -1.64. The Labute approximate surface area is 109 Å². The van der Waals surface area contributed by atoms with Crippen molar-refractivity contribution in [1.29, 1.82) is 0 Å². The molecule has 2 rings (SSSR count). The van der Waals surface area contributed by atoms with Gasteiger partial charge in [-0.2, -0.15) is 0 Å². The zero-order valence-electron chi connectivity index (χ0n) is 10.8. The summed E-state index contributed by atoms with van der Waals surface area (Å²) < 4.78 is 0. The van der Waals surface area contributed by atoms with Gasteiger partial charge in [-0.15, -0.1) is 0 Å². The van der Waals surface area contributed by atoms with E-state index in [-0.39, 0.29) is 0 Å². The average molecular weight is 240 g/mol. The first-order valence-electron chi connectivity index (χ1n) is 6.40. The molecule has 0 heterocycles. The van der Waals surface area contributed by atoms with E-state index in [4.69, 9.17) is 0 Å². The molecule has 0 aliphatic carbocycles. The third kappa shape index (κ3) is 3.69. The Balaban J connectivity index is 1.94. The summed E-state index contributed by atoms with van der Waals surface area (Å²) in [6.45, 7) is 2.93. The second-order valence-electron chi connectivity index (χ2n) is 4.34. The van der Waals surface area contributed by atoms with E-state index in [1.54, 1.807) is 0 Å². The van der Waals surface area contributed by atoms with E-state index >= 15 is 0 Å². The van der Waals surface area contributed by atoms with Gasteiger partial charge >= 0.3 is 0 Å². The van der Waals surface area contributed by atoms with Crippen LogP contribution < -0.4 is 10.6 Å². The molecule has 0 aromatic heterocycles. The third-order valence-corrected chi connectivity index (χ3v) is 2.94. The van der Waals surface area contributed by atoms with Gasteiger partial charge in [-0.1, -0.05) is 54.6 Å². The Morgan fingerprint density at radius 2 is 1.44 bits per heavy atom. The maximum absolute atomic E-state index is 3.40. The minimum Gasteiger partial charge on any atom is -0.318 e. The van der Waals surface area contributed by atoms with Crippen molar-refractivity contribution in [2.75, 3.05) is 20.1 Å². The van der Waals surface area contributed by atoms with E-state index in [0.29, 0.717) is 0 Å². The standard InChI is InChI=1S/C16H20N2/c1-17-11-12-18-13-14-7-9-16(10-8-14)15-5-3-2-4-6-15/h2-10,17-18H,11-13H2,1H3. The monoisotopic (exact) mass is 240 g/mol.